The highest BCUT2D eigenvalue weighted by Crippen LogP contribution is 2.27. The van der Waals surface area contributed by atoms with Crippen LogP contribution in [0.25, 0.3) is 16.7 Å². The van der Waals surface area contributed by atoms with Gasteiger partial charge in [0.2, 0.25) is 0 Å². The quantitative estimate of drug-likeness (QED) is 0.801. The Morgan fingerprint density at radius 2 is 2.00 bits per heavy atom. The number of ether oxygens (including phenoxy) is 1. The van der Waals surface area contributed by atoms with Crippen molar-refractivity contribution in [2.45, 2.75) is 32.1 Å². The molecule has 0 bridgehead atoms. The standard InChI is InChI=1S/C18H20N4O2/c1-24-14-8-6-13(7-9-14)22-17-15(11-19-22)18(23)21-16(20-17)10-12-4-2-3-5-12/h6-9,11-12H,2-5,10H2,1H3,(H,20,21,23). The Balaban J connectivity index is 1.75. The molecule has 4 rings (SSSR count). The van der Waals surface area contributed by atoms with Crippen molar-refractivity contribution in [2.75, 3.05) is 7.11 Å². The van der Waals surface area contributed by atoms with Crippen molar-refractivity contribution in [3.8, 4) is 11.4 Å². The highest BCUT2D eigenvalue weighted by molar-refractivity contribution is 5.75. The molecule has 1 aliphatic rings. The Hall–Kier alpha value is -2.63. The molecular formula is C18H20N4O2. The van der Waals surface area contributed by atoms with Gasteiger partial charge in [0, 0.05) is 6.42 Å². The van der Waals surface area contributed by atoms with Gasteiger partial charge in [0.05, 0.1) is 19.0 Å². The molecule has 0 atom stereocenters. The molecule has 6 heteroatoms. The van der Waals surface area contributed by atoms with Crippen molar-refractivity contribution in [3.63, 3.8) is 0 Å². The monoisotopic (exact) mass is 324 g/mol. The van der Waals surface area contributed by atoms with Crippen LogP contribution in [0.3, 0.4) is 0 Å². The largest absolute Gasteiger partial charge is 0.497 e. The first-order valence-corrected chi connectivity index (χ1v) is 8.36. The van der Waals surface area contributed by atoms with E-state index in [1.807, 2.05) is 24.3 Å². The molecule has 0 saturated heterocycles. The Labute approximate surface area is 139 Å². The van der Waals surface area contributed by atoms with Crippen LogP contribution in [0.2, 0.25) is 0 Å². The lowest BCUT2D eigenvalue weighted by molar-refractivity contribution is 0.414. The smallest absolute Gasteiger partial charge is 0.262 e. The molecule has 1 aromatic carbocycles. The van der Waals surface area contributed by atoms with Crippen LogP contribution in [0, 0.1) is 5.92 Å². The van der Waals surface area contributed by atoms with Crippen molar-refractivity contribution in [3.05, 3.63) is 46.6 Å². The van der Waals surface area contributed by atoms with Crippen LogP contribution in [0.5, 0.6) is 5.75 Å². The summed E-state index contributed by atoms with van der Waals surface area (Å²) >= 11 is 0. The maximum Gasteiger partial charge on any atom is 0.262 e. The van der Waals surface area contributed by atoms with E-state index in [9.17, 15) is 4.79 Å². The third-order valence-electron chi connectivity index (χ3n) is 4.76. The molecule has 2 aromatic heterocycles. The van der Waals surface area contributed by atoms with Gasteiger partial charge in [-0.1, -0.05) is 25.7 Å². The Bertz CT molecular complexity index is 905. The van der Waals surface area contributed by atoms with Gasteiger partial charge in [-0.05, 0) is 30.2 Å². The van der Waals surface area contributed by atoms with Gasteiger partial charge in [0.15, 0.2) is 5.65 Å². The third-order valence-corrected chi connectivity index (χ3v) is 4.76. The molecule has 24 heavy (non-hydrogen) atoms. The SMILES string of the molecule is COc1ccc(-n2ncc3c(=O)[nH]c(CC4CCCC4)nc32)cc1. The van der Waals surface area contributed by atoms with Gasteiger partial charge in [-0.15, -0.1) is 0 Å². The molecule has 1 fully saturated rings. The number of methoxy groups -OCH3 is 1. The number of H-pyrrole nitrogens is 1. The molecule has 1 aliphatic carbocycles. The van der Waals surface area contributed by atoms with Crippen LogP contribution >= 0.6 is 0 Å². The van der Waals surface area contributed by atoms with E-state index in [0.717, 1.165) is 23.7 Å². The maximum atomic E-state index is 12.3. The van der Waals surface area contributed by atoms with E-state index >= 15 is 0 Å². The van der Waals surface area contributed by atoms with Gasteiger partial charge < -0.3 is 9.72 Å². The minimum absolute atomic E-state index is 0.118. The molecule has 6 nitrogen and oxygen atoms in total. The number of hydrogen-bond acceptors (Lipinski definition) is 4. The zero-order valence-corrected chi connectivity index (χ0v) is 13.7. The number of aromatic amines is 1. The lowest BCUT2D eigenvalue weighted by atomic mass is 10.0. The fourth-order valence-corrected chi connectivity index (χ4v) is 3.46. The van der Waals surface area contributed by atoms with Crippen LogP contribution < -0.4 is 10.3 Å². The molecule has 0 unspecified atom stereocenters. The number of rotatable bonds is 4. The van der Waals surface area contributed by atoms with Gasteiger partial charge in [0.1, 0.15) is 17.0 Å². The minimum atomic E-state index is -0.118. The summed E-state index contributed by atoms with van der Waals surface area (Å²) in [5, 5.41) is 4.86. The van der Waals surface area contributed by atoms with E-state index in [4.69, 9.17) is 9.72 Å². The second-order valence-corrected chi connectivity index (χ2v) is 6.36. The van der Waals surface area contributed by atoms with Gasteiger partial charge in [-0.3, -0.25) is 4.79 Å². The first-order valence-electron chi connectivity index (χ1n) is 8.36. The van der Waals surface area contributed by atoms with E-state index in [1.165, 1.54) is 25.7 Å². The number of aromatic nitrogens is 4. The molecule has 0 amide bonds. The van der Waals surface area contributed by atoms with Crippen LogP contribution in [-0.4, -0.2) is 26.9 Å². The molecule has 1 saturated carbocycles. The second-order valence-electron chi connectivity index (χ2n) is 6.36. The minimum Gasteiger partial charge on any atom is -0.497 e. The Kier molecular flexibility index (Phi) is 3.80. The summed E-state index contributed by atoms with van der Waals surface area (Å²) in [4.78, 5) is 20.0. The highest BCUT2D eigenvalue weighted by atomic mass is 16.5. The van der Waals surface area contributed by atoms with Crippen LogP contribution in [0.4, 0.5) is 0 Å². The van der Waals surface area contributed by atoms with Crippen molar-refractivity contribution in [1.82, 2.24) is 19.7 Å². The van der Waals surface area contributed by atoms with Crippen molar-refractivity contribution < 1.29 is 4.74 Å². The summed E-state index contributed by atoms with van der Waals surface area (Å²) in [6, 6.07) is 7.56. The molecule has 0 spiro atoms. The lowest BCUT2D eigenvalue weighted by Gasteiger charge is -2.09. The van der Waals surface area contributed by atoms with Crippen molar-refractivity contribution in [2.24, 2.45) is 5.92 Å². The number of nitrogens with one attached hydrogen (secondary N) is 1. The average molecular weight is 324 g/mol. The Morgan fingerprint density at radius 1 is 1.25 bits per heavy atom. The molecule has 2 heterocycles. The topological polar surface area (TPSA) is 72.8 Å². The van der Waals surface area contributed by atoms with E-state index in [2.05, 4.69) is 10.1 Å². The summed E-state index contributed by atoms with van der Waals surface area (Å²) in [5.41, 5.74) is 1.35. The first-order chi connectivity index (χ1) is 11.7. The van der Waals surface area contributed by atoms with E-state index in [1.54, 1.807) is 18.0 Å². The summed E-state index contributed by atoms with van der Waals surface area (Å²) in [6.07, 6.45) is 7.41. The summed E-state index contributed by atoms with van der Waals surface area (Å²) in [7, 11) is 1.63. The van der Waals surface area contributed by atoms with E-state index in [-0.39, 0.29) is 5.56 Å². The van der Waals surface area contributed by atoms with Crippen LogP contribution in [-0.2, 0) is 6.42 Å². The van der Waals surface area contributed by atoms with Gasteiger partial charge in [-0.25, -0.2) is 9.67 Å². The first kappa shape index (κ1) is 14.9. The number of hydrogen-bond donors (Lipinski definition) is 1. The van der Waals surface area contributed by atoms with Crippen molar-refractivity contribution in [1.29, 1.82) is 0 Å². The summed E-state index contributed by atoms with van der Waals surface area (Å²) in [5.74, 6) is 2.17. The van der Waals surface area contributed by atoms with Gasteiger partial charge >= 0.3 is 0 Å². The van der Waals surface area contributed by atoms with Gasteiger partial charge in [-0.2, -0.15) is 5.10 Å². The Morgan fingerprint density at radius 3 is 2.71 bits per heavy atom. The number of benzene rings is 1. The van der Waals surface area contributed by atoms with E-state index < -0.39 is 0 Å². The molecule has 0 aliphatic heterocycles. The zero-order valence-electron chi connectivity index (χ0n) is 13.7. The fourth-order valence-electron chi connectivity index (χ4n) is 3.46. The molecule has 3 aromatic rings. The highest BCUT2D eigenvalue weighted by Gasteiger charge is 2.18. The predicted molar refractivity (Wildman–Crippen MR) is 91.7 cm³/mol. The van der Waals surface area contributed by atoms with Crippen LogP contribution in [0.15, 0.2) is 35.3 Å². The number of nitrogens with zero attached hydrogens (tertiary/aromatic N) is 3. The summed E-state index contributed by atoms with van der Waals surface area (Å²) < 4.78 is 6.90. The molecule has 124 valence electrons. The van der Waals surface area contributed by atoms with Crippen molar-refractivity contribution >= 4 is 11.0 Å². The average Bonchev–Trinajstić information content (AvgIpc) is 3.25. The van der Waals surface area contributed by atoms with E-state index in [0.29, 0.717) is 17.0 Å². The predicted octanol–water partition coefficient (Wildman–Crippen LogP) is 2.85. The normalized spacial score (nSPS) is 15.2. The summed E-state index contributed by atoms with van der Waals surface area (Å²) in [6.45, 7) is 0. The molecule has 1 N–H and O–H groups in total. The number of fused-ring (bicyclic) bond motifs is 1. The fraction of sp³-hybridized carbons (Fsp3) is 0.389. The van der Waals surface area contributed by atoms with Crippen LogP contribution in [0.1, 0.15) is 31.5 Å². The maximum absolute atomic E-state index is 12.3. The lowest BCUT2D eigenvalue weighted by Crippen LogP contribution is -2.14. The molecule has 0 radical (unpaired) electrons. The van der Waals surface area contributed by atoms with Gasteiger partial charge in [0.25, 0.3) is 5.56 Å². The second kappa shape index (κ2) is 6.11. The zero-order chi connectivity index (χ0) is 16.5. The third kappa shape index (κ3) is 2.68. The molecular weight excluding hydrogens is 304 g/mol.